The van der Waals surface area contributed by atoms with Gasteiger partial charge in [0.05, 0.1) is 13.2 Å². The van der Waals surface area contributed by atoms with Gasteiger partial charge in [-0.15, -0.1) is 6.58 Å². The lowest BCUT2D eigenvalue weighted by molar-refractivity contribution is -0.144. The second-order valence-corrected chi connectivity index (χ2v) is 4.62. The minimum atomic E-state index is -0.454. The highest BCUT2D eigenvalue weighted by molar-refractivity contribution is 5.81. The first kappa shape index (κ1) is 18.2. The fourth-order valence-corrected chi connectivity index (χ4v) is 1.99. The minimum absolute atomic E-state index is 0.0408. The van der Waals surface area contributed by atoms with E-state index in [-0.39, 0.29) is 31.0 Å². The van der Waals surface area contributed by atoms with Gasteiger partial charge >= 0.3 is 11.9 Å². The third-order valence-corrected chi connectivity index (χ3v) is 3.29. The molecule has 0 spiro atoms. The number of ether oxygens (including phenoxy) is 2. The number of hydrogen-bond acceptors (Lipinski definition) is 4. The van der Waals surface area contributed by atoms with Gasteiger partial charge in [-0.25, -0.2) is 9.59 Å². The van der Waals surface area contributed by atoms with E-state index in [0.717, 1.165) is 18.6 Å². The zero-order valence-electron chi connectivity index (χ0n) is 12.3. The molecule has 0 bridgehead atoms. The van der Waals surface area contributed by atoms with E-state index in [1.165, 1.54) is 0 Å². The molecule has 0 saturated carbocycles. The quantitative estimate of drug-likeness (QED) is 0.351. The summed E-state index contributed by atoms with van der Waals surface area (Å²) in [7, 11) is 0. The van der Waals surface area contributed by atoms with E-state index in [9.17, 15) is 9.59 Å². The first-order valence-electron chi connectivity index (χ1n) is 6.71. The Hall–Kier alpha value is -1.84. The van der Waals surface area contributed by atoms with Crippen LogP contribution in [0.2, 0.25) is 0 Å². The van der Waals surface area contributed by atoms with Crippen LogP contribution in [0.3, 0.4) is 0 Å². The van der Waals surface area contributed by atoms with Gasteiger partial charge in [-0.05, 0) is 18.3 Å². The largest absolute Gasteiger partial charge is 0.462 e. The van der Waals surface area contributed by atoms with Gasteiger partial charge < -0.3 is 9.47 Å². The maximum atomic E-state index is 11.2. The Morgan fingerprint density at radius 2 is 1.55 bits per heavy atom. The molecule has 3 unspecified atom stereocenters. The number of allylic oxidation sites excluding steroid dienone is 1. The molecule has 0 fully saturated rings. The Labute approximate surface area is 121 Å². The molecule has 0 aliphatic carbocycles. The minimum Gasteiger partial charge on any atom is -0.462 e. The highest BCUT2D eigenvalue weighted by atomic mass is 16.5. The number of hydrogen-bond donors (Lipinski definition) is 0. The van der Waals surface area contributed by atoms with Gasteiger partial charge in [0.25, 0.3) is 0 Å². The Bertz CT molecular complexity index is 359. The lowest BCUT2D eigenvalue weighted by Crippen LogP contribution is -2.29. The molecule has 0 aromatic rings. The molecule has 0 rings (SSSR count). The lowest BCUT2D eigenvalue weighted by Gasteiger charge is -2.28. The molecular formula is C16H24O4. The van der Waals surface area contributed by atoms with Crippen molar-refractivity contribution in [2.75, 3.05) is 13.2 Å². The summed E-state index contributed by atoms with van der Waals surface area (Å²) in [6.07, 6.45) is 4.98. The molecule has 0 aromatic carbocycles. The normalized spacial score (nSPS) is 14.5. The third-order valence-electron chi connectivity index (χ3n) is 3.29. The van der Waals surface area contributed by atoms with Crippen LogP contribution >= 0.6 is 0 Å². The molecule has 0 amide bonds. The summed E-state index contributed by atoms with van der Waals surface area (Å²) in [5.74, 6) is -0.641. The van der Waals surface area contributed by atoms with Gasteiger partial charge in [0.15, 0.2) is 0 Å². The molecule has 0 aliphatic heterocycles. The zero-order chi connectivity index (χ0) is 15.5. The summed E-state index contributed by atoms with van der Waals surface area (Å²) >= 11 is 0. The number of rotatable bonds is 10. The van der Waals surface area contributed by atoms with Crippen LogP contribution in [0.15, 0.2) is 38.0 Å². The third kappa shape index (κ3) is 6.36. The number of carbonyl (C=O) groups is 2. The Morgan fingerprint density at radius 3 is 1.95 bits per heavy atom. The predicted molar refractivity (Wildman–Crippen MR) is 78.9 cm³/mol. The topological polar surface area (TPSA) is 52.6 Å². The van der Waals surface area contributed by atoms with Crippen LogP contribution < -0.4 is 0 Å². The standard InChI is InChI=1S/C16H24O4/c1-6-13(7-2)14(11-20-16(18)9-4)12(5)10-19-15(17)8-3/h6,8-9,12-14H,1,3-4,7,10-11H2,2,5H3. The first-order valence-corrected chi connectivity index (χ1v) is 6.71. The Balaban J connectivity index is 4.67. The van der Waals surface area contributed by atoms with Crippen LogP contribution in [0, 0.1) is 17.8 Å². The highest BCUT2D eigenvalue weighted by Gasteiger charge is 2.26. The molecule has 20 heavy (non-hydrogen) atoms. The van der Waals surface area contributed by atoms with E-state index >= 15 is 0 Å². The van der Waals surface area contributed by atoms with E-state index in [4.69, 9.17) is 9.47 Å². The van der Waals surface area contributed by atoms with Crippen LogP contribution in [0.25, 0.3) is 0 Å². The molecule has 4 heteroatoms. The van der Waals surface area contributed by atoms with Crippen LogP contribution in [0.4, 0.5) is 0 Å². The molecule has 0 heterocycles. The van der Waals surface area contributed by atoms with E-state index < -0.39 is 11.9 Å². The zero-order valence-corrected chi connectivity index (χ0v) is 12.3. The molecule has 112 valence electrons. The van der Waals surface area contributed by atoms with Crippen molar-refractivity contribution in [2.45, 2.75) is 20.3 Å². The van der Waals surface area contributed by atoms with Crippen LogP contribution in [-0.4, -0.2) is 25.2 Å². The maximum absolute atomic E-state index is 11.2. The summed E-state index contributed by atoms with van der Waals surface area (Å²) in [5, 5.41) is 0. The second kappa shape index (κ2) is 10.0. The average Bonchev–Trinajstić information content (AvgIpc) is 2.47. The van der Waals surface area contributed by atoms with Gasteiger partial charge in [0.1, 0.15) is 0 Å². The van der Waals surface area contributed by atoms with E-state index in [1.54, 1.807) is 0 Å². The molecule has 0 N–H and O–H groups in total. The summed E-state index contributed by atoms with van der Waals surface area (Å²) in [6.45, 7) is 15.0. The van der Waals surface area contributed by atoms with Crippen LogP contribution in [0.5, 0.6) is 0 Å². The highest BCUT2D eigenvalue weighted by Crippen LogP contribution is 2.26. The van der Waals surface area contributed by atoms with Crippen LogP contribution in [-0.2, 0) is 19.1 Å². The smallest absolute Gasteiger partial charge is 0.330 e. The van der Waals surface area contributed by atoms with Gasteiger partial charge in [-0.2, -0.15) is 0 Å². The second-order valence-electron chi connectivity index (χ2n) is 4.62. The average molecular weight is 280 g/mol. The fraction of sp³-hybridized carbons (Fsp3) is 0.500. The predicted octanol–water partition coefficient (Wildman–Crippen LogP) is 2.91. The molecule has 0 aliphatic rings. The molecule has 0 radical (unpaired) electrons. The summed E-state index contributed by atoms with van der Waals surface area (Å²) in [4.78, 5) is 22.3. The van der Waals surface area contributed by atoms with Gasteiger partial charge in [0.2, 0.25) is 0 Å². The molecule has 3 atom stereocenters. The van der Waals surface area contributed by atoms with E-state index in [1.807, 2.05) is 19.9 Å². The van der Waals surface area contributed by atoms with Gasteiger partial charge in [-0.1, -0.05) is 33.1 Å². The van der Waals surface area contributed by atoms with Crippen molar-refractivity contribution in [3.63, 3.8) is 0 Å². The SMILES string of the molecule is C=CC(=O)OCC(C)C(COC(=O)C=C)C(C=C)CC. The van der Waals surface area contributed by atoms with Crippen molar-refractivity contribution in [1.29, 1.82) is 0 Å². The van der Waals surface area contributed by atoms with Crippen molar-refractivity contribution in [3.8, 4) is 0 Å². The summed E-state index contributed by atoms with van der Waals surface area (Å²) in [6, 6.07) is 0. The van der Waals surface area contributed by atoms with Gasteiger partial charge in [0, 0.05) is 18.1 Å². The fourth-order valence-electron chi connectivity index (χ4n) is 1.99. The van der Waals surface area contributed by atoms with E-state index in [2.05, 4.69) is 19.7 Å². The van der Waals surface area contributed by atoms with Gasteiger partial charge in [-0.3, -0.25) is 0 Å². The summed E-state index contributed by atoms with van der Waals surface area (Å²) < 4.78 is 10.2. The molecule has 0 saturated heterocycles. The molecular weight excluding hydrogens is 256 g/mol. The number of esters is 2. The van der Waals surface area contributed by atoms with Crippen molar-refractivity contribution < 1.29 is 19.1 Å². The number of carbonyl (C=O) groups excluding carboxylic acids is 2. The van der Waals surface area contributed by atoms with Crippen LogP contribution in [0.1, 0.15) is 20.3 Å². The first-order chi connectivity index (χ1) is 9.49. The van der Waals surface area contributed by atoms with Crippen molar-refractivity contribution >= 4 is 11.9 Å². The Kier molecular flexibility index (Phi) is 9.09. The molecule has 4 nitrogen and oxygen atoms in total. The van der Waals surface area contributed by atoms with E-state index in [0.29, 0.717) is 0 Å². The maximum Gasteiger partial charge on any atom is 0.330 e. The van der Waals surface area contributed by atoms with Crippen molar-refractivity contribution in [2.24, 2.45) is 17.8 Å². The monoisotopic (exact) mass is 280 g/mol. The lowest BCUT2D eigenvalue weighted by atomic mass is 9.82. The Morgan fingerprint density at radius 1 is 1.05 bits per heavy atom. The van der Waals surface area contributed by atoms with Crippen molar-refractivity contribution in [1.82, 2.24) is 0 Å². The van der Waals surface area contributed by atoms with Crippen molar-refractivity contribution in [3.05, 3.63) is 38.0 Å². The summed E-state index contributed by atoms with van der Waals surface area (Å²) in [5.41, 5.74) is 0. The molecule has 0 aromatic heterocycles.